The van der Waals surface area contributed by atoms with Crippen LogP contribution < -0.4 is 0 Å². The Morgan fingerprint density at radius 3 is 2.67 bits per heavy atom. The van der Waals surface area contributed by atoms with Gasteiger partial charge in [-0.1, -0.05) is 0 Å². The number of aliphatic carboxylic acids is 1. The molecule has 2 atom stereocenters. The van der Waals surface area contributed by atoms with Gasteiger partial charge in [0.2, 0.25) is 5.91 Å². The highest BCUT2D eigenvalue weighted by atomic mass is 16.5. The van der Waals surface area contributed by atoms with Crippen molar-refractivity contribution in [2.45, 2.75) is 19.4 Å². The third-order valence-corrected chi connectivity index (χ3v) is 2.52. The predicted molar refractivity (Wildman–Crippen MR) is 48.9 cm³/mol. The highest BCUT2D eigenvalue weighted by Crippen LogP contribution is 2.21. The van der Waals surface area contributed by atoms with E-state index in [2.05, 4.69) is 4.74 Å². The first-order valence-corrected chi connectivity index (χ1v) is 4.57. The van der Waals surface area contributed by atoms with Gasteiger partial charge >= 0.3 is 11.9 Å². The highest BCUT2D eigenvalue weighted by Gasteiger charge is 2.39. The van der Waals surface area contributed by atoms with Crippen LogP contribution in [0.4, 0.5) is 0 Å². The maximum atomic E-state index is 11.4. The molecule has 0 aromatic heterocycles. The molecule has 0 aromatic carbocycles. The van der Waals surface area contributed by atoms with Crippen molar-refractivity contribution in [2.75, 3.05) is 13.7 Å². The first kappa shape index (κ1) is 11.5. The van der Waals surface area contributed by atoms with E-state index in [0.29, 0.717) is 0 Å². The van der Waals surface area contributed by atoms with Gasteiger partial charge in [0.25, 0.3) is 0 Å². The summed E-state index contributed by atoms with van der Waals surface area (Å²) >= 11 is 0. The summed E-state index contributed by atoms with van der Waals surface area (Å²) in [5.74, 6) is -2.40. The molecule has 1 amide bonds. The van der Waals surface area contributed by atoms with E-state index in [1.165, 1.54) is 18.9 Å². The summed E-state index contributed by atoms with van der Waals surface area (Å²) in [7, 11) is 1.25. The average Bonchev–Trinajstić information content (AvgIpc) is 2.57. The molecule has 0 aromatic rings. The molecule has 0 saturated carbocycles. The van der Waals surface area contributed by atoms with Crippen LogP contribution in [-0.2, 0) is 19.1 Å². The van der Waals surface area contributed by atoms with Gasteiger partial charge in [-0.25, -0.2) is 4.79 Å². The van der Waals surface area contributed by atoms with Gasteiger partial charge in [0.15, 0.2) is 0 Å². The van der Waals surface area contributed by atoms with Crippen LogP contribution in [0.15, 0.2) is 0 Å². The van der Waals surface area contributed by atoms with E-state index in [1.807, 2.05) is 0 Å². The van der Waals surface area contributed by atoms with Crippen LogP contribution in [0.1, 0.15) is 13.3 Å². The fourth-order valence-corrected chi connectivity index (χ4v) is 1.56. The van der Waals surface area contributed by atoms with Gasteiger partial charge in [0.05, 0.1) is 13.0 Å². The number of rotatable bonds is 3. The summed E-state index contributed by atoms with van der Waals surface area (Å²) in [6.07, 6.45) is 0.0320. The van der Waals surface area contributed by atoms with Crippen LogP contribution in [0, 0.1) is 5.92 Å². The molecule has 1 N–H and O–H groups in total. The lowest BCUT2D eigenvalue weighted by molar-refractivity contribution is -0.148. The molecule has 1 fully saturated rings. The SMILES string of the molecule is COC(=O)C1CC(=O)N([C@@H](C)C(=O)O)C1. The molecule has 1 aliphatic heterocycles. The third-order valence-electron chi connectivity index (χ3n) is 2.52. The van der Waals surface area contributed by atoms with Gasteiger partial charge in [0.1, 0.15) is 6.04 Å². The van der Waals surface area contributed by atoms with E-state index >= 15 is 0 Å². The number of likely N-dealkylation sites (tertiary alicyclic amines) is 1. The van der Waals surface area contributed by atoms with E-state index in [9.17, 15) is 14.4 Å². The largest absolute Gasteiger partial charge is 0.480 e. The van der Waals surface area contributed by atoms with Gasteiger partial charge in [-0.3, -0.25) is 9.59 Å². The number of hydrogen-bond acceptors (Lipinski definition) is 4. The number of hydrogen-bond donors (Lipinski definition) is 1. The summed E-state index contributed by atoms with van der Waals surface area (Å²) in [5.41, 5.74) is 0. The second-order valence-electron chi connectivity index (χ2n) is 3.48. The van der Waals surface area contributed by atoms with E-state index < -0.39 is 23.9 Å². The Balaban J connectivity index is 2.68. The smallest absolute Gasteiger partial charge is 0.326 e. The highest BCUT2D eigenvalue weighted by molar-refractivity contribution is 5.89. The molecule has 1 aliphatic rings. The van der Waals surface area contributed by atoms with Crippen LogP contribution in [0.3, 0.4) is 0 Å². The minimum Gasteiger partial charge on any atom is -0.480 e. The number of carboxylic acids is 1. The number of carbonyl (C=O) groups is 3. The molecule has 84 valence electrons. The zero-order chi connectivity index (χ0) is 11.6. The summed E-state index contributed by atoms with van der Waals surface area (Å²) in [4.78, 5) is 34.4. The Kier molecular flexibility index (Phi) is 3.28. The minimum absolute atomic E-state index is 0.0320. The molecule has 0 radical (unpaired) electrons. The Bertz CT molecular complexity index is 301. The number of carbonyl (C=O) groups excluding carboxylic acids is 2. The topological polar surface area (TPSA) is 83.9 Å². The number of amides is 1. The predicted octanol–water partition coefficient (Wildman–Crippen LogP) is -0.519. The average molecular weight is 215 g/mol. The van der Waals surface area contributed by atoms with Gasteiger partial charge in [-0.15, -0.1) is 0 Å². The second-order valence-corrected chi connectivity index (χ2v) is 3.48. The normalized spacial score (nSPS) is 22.7. The third kappa shape index (κ3) is 2.26. The van der Waals surface area contributed by atoms with E-state index in [1.54, 1.807) is 0 Å². The Morgan fingerprint density at radius 2 is 2.20 bits per heavy atom. The maximum Gasteiger partial charge on any atom is 0.326 e. The molecule has 1 rings (SSSR count). The number of carboxylic acid groups (broad SMARTS) is 1. The lowest BCUT2D eigenvalue weighted by Crippen LogP contribution is -2.40. The van der Waals surface area contributed by atoms with Crippen molar-refractivity contribution in [1.82, 2.24) is 4.90 Å². The zero-order valence-corrected chi connectivity index (χ0v) is 8.60. The second kappa shape index (κ2) is 4.29. The van der Waals surface area contributed by atoms with Crippen LogP contribution in [0.25, 0.3) is 0 Å². The summed E-state index contributed by atoms with van der Waals surface area (Å²) in [6.45, 7) is 1.54. The minimum atomic E-state index is -1.08. The molecule has 15 heavy (non-hydrogen) atoms. The molecule has 6 heteroatoms. The van der Waals surface area contributed by atoms with E-state index in [-0.39, 0.29) is 18.9 Å². The van der Waals surface area contributed by atoms with Crippen LogP contribution >= 0.6 is 0 Å². The van der Waals surface area contributed by atoms with Crippen LogP contribution in [0.5, 0.6) is 0 Å². The van der Waals surface area contributed by atoms with Gasteiger partial charge in [0, 0.05) is 13.0 Å². The molecule has 1 unspecified atom stereocenters. The molecule has 1 saturated heterocycles. The lowest BCUT2D eigenvalue weighted by Gasteiger charge is -2.20. The number of methoxy groups -OCH3 is 1. The van der Waals surface area contributed by atoms with Crippen LogP contribution in [0.2, 0.25) is 0 Å². The molecule has 0 aliphatic carbocycles. The quantitative estimate of drug-likeness (QED) is 0.640. The zero-order valence-electron chi connectivity index (χ0n) is 8.60. The van der Waals surface area contributed by atoms with Gasteiger partial charge in [-0.2, -0.15) is 0 Å². The molecular weight excluding hydrogens is 202 g/mol. The van der Waals surface area contributed by atoms with Crippen molar-refractivity contribution in [3.8, 4) is 0 Å². The maximum absolute atomic E-state index is 11.4. The van der Waals surface area contributed by atoms with Crippen molar-refractivity contribution < 1.29 is 24.2 Å². The summed E-state index contributed by atoms with van der Waals surface area (Å²) in [5, 5.41) is 8.73. The Hall–Kier alpha value is -1.59. The lowest BCUT2D eigenvalue weighted by atomic mass is 10.1. The van der Waals surface area contributed by atoms with E-state index in [0.717, 1.165) is 0 Å². The van der Waals surface area contributed by atoms with Crippen molar-refractivity contribution in [3.05, 3.63) is 0 Å². The first-order chi connectivity index (χ1) is 6.97. The standard InChI is InChI=1S/C9H13NO5/c1-5(8(12)13)10-4-6(3-7(10)11)9(14)15-2/h5-6H,3-4H2,1-2H3,(H,12,13)/t5-,6?/m0/s1. The molecular formula is C9H13NO5. The molecule has 6 nitrogen and oxygen atoms in total. The molecule has 0 bridgehead atoms. The summed E-state index contributed by atoms with van der Waals surface area (Å²) in [6, 6.07) is -0.896. The van der Waals surface area contributed by atoms with Crippen molar-refractivity contribution in [3.63, 3.8) is 0 Å². The first-order valence-electron chi connectivity index (χ1n) is 4.57. The number of esters is 1. The van der Waals surface area contributed by atoms with Crippen molar-refractivity contribution in [2.24, 2.45) is 5.92 Å². The Morgan fingerprint density at radius 1 is 1.60 bits per heavy atom. The molecule has 1 heterocycles. The number of ether oxygens (including phenoxy) is 1. The Labute approximate surface area is 86.8 Å². The van der Waals surface area contributed by atoms with Crippen molar-refractivity contribution >= 4 is 17.8 Å². The fourth-order valence-electron chi connectivity index (χ4n) is 1.56. The fraction of sp³-hybridized carbons (Fsp3) is 0.667. The van der Waals surface area contributed by atoms with Crippen molar-refractivity contribution in [1.29, 1.82) is 0 Å². The van der Waals surface area contributed by atoms with Gasteiger partial charge in [-0.05, 0) is 6.92 Å². The summed E-state index contributed by atoms with van der Waals surface area (Å²) < 4.78 is 4.51. The van der Waals surface area contributed by atoms with E-state index in [4.69, 9.17) is 5.11 Å². The monoisotopic (exact) mass is 215 g/mol. The van der Waals surface area contributed by atoms with Crippen LogP contribution in [-0.4, -0.2) is 47.5 Å². The van der Waals surface area contributed by atoms with Gasteiger partial charge < -0.3 is 14.7 Å². The number of nitrogens with zero attached hydrogens (tertiary/aromatic N) is 1. The molecule has 0 spiro atoms.